The number of para-hydroxylation sites is 1. The number of nitrogens with one attached hydrogen (secondary N) is 2. The zero-order valence-electron chi connectivity index (χ0n) is 46.1. The van der Waals surface area contributed by atoms with E-state index in [0.717, 1.165) is 30.4 Å². The van der Waals surface area contributed by atoms with E-state index >= 15 is 0 Å². The number of anilines is 1. The van der Waals surface area contributed by atoms with E-state index in [9.17, 15) is 19.2 Å². The summed E-state index contributed by atoms with van der Waals surface area (Å²) in [5, 5.41) is 7.59. The Kier molecular flexibility index (Phi) is 27.2. The van der Waals surface area contributed by atoms with E-state index in [1.807, 2.05) is 48.5 Å². The summed E-state index contributed by atoms with van der Waals surface area (Å²) < 4.78 is 50.9. The van der Waals surface area contributed by atoms with Gasteiger partial charge in [-0.2, -0.15) is 0 Å². The molecule has 0 saturated heterocycles. The molecule has 2 heterocycles. The van der Waals surface area contributed by atoms with Crippen molar-refractivity contribution in [2.24, 2.45) is 11.6 Å². The van der Waals surface area contributed by atoms with E-state index in [0.29, 0.717) is 123 Å². The standard InChI is InChI=1S/C59H75N6O15PS/c1-3-28-77-51-22-21-48-50(66)41-52(80-57(48)58(51)78-29-4-2)43-17-19-44(20-18-43)59(69)63-26-31-72-33-35-74-37-39-76-40-38-75-36-34-73-32-27-65(61)56-47-15-9-10-16-49(47)64(42-45-13-7-8-14-46(45)55(56)60)54(68)24-23-53(67)62-25-11-5-6-12-30-79-81(70,71)82/h3-4,7-10,13-22,41H,1-2,5-6,11-12,23-40,42,60-61H2,(H,62,67)(H,63,69)(H2,70,71,82)/b56-55-. The second-order valence-electron chi connectivity index (χ2n) is 18.5. The third kappa shape index (κ3) is 20.6. The monoisotopic (exact) mass is 1170 g/mol. The third-order valence-electron chi connectivity index (χ3n) is 12.6. The molecule has 1 aliphatic rings. The van der Waals surface area contributed by atoms with Crippen molar-refractivity contribution in [1.29, 1.82) is 0 Å². The molecule has 6 rings (SSSR count). The summed E-state index contributed by atoms with van der Waals surface area (Å²) in [6, 6.07) is 26.4. The molecule has 0 atom stereocenters. The molecule has 0 bridgehead atoms. The predicted molar refractivity (Wildman–Crippen MR) is 317 cm³/mol. The molecule has 1 aromatic heterocycles. The lowest BCUT2D eigenvalue weighted by atomic mass is 9.95. The van der Waals surface area contributed by atoms with Crippen molar-refractivity contribution in [3.8, 4) is 22.8 Å². The Morgan fingerprint density at radius 3 is 2.02 bits per heavy atom. The number of nitrogens with zero attached hydrogens (tertiary/aromatic N) is 2. The number of fused-ring (bicyclic) bond motifs is 3. The number of hydrogen-bond acceptors (Lipinski definition) is 17. The van der Waals surface area contributed by atoms with Gasteiger partial charge in [0, 0.05) is 54.3 Å². The lowest BCUT2D eigenvalue weighted by Crippen LogP contribution is -2.38. The Bertz CT molecular complexity index is 3030. The highest BCUT2D eigenvalue weighted by atomic mass is 32.5. The fourth-order valence-corrected chi connectivity index (χ4v) is 9.16. The lowest BCUT2D eigenvalue weighted by molar-refractivity contribution is -0.125. The number of rotatable bonds is 38. The van der Waals surface area contributed by atoms with E-state index in [2.05, 4.69) is 35.6 Å². The van der Waals surface area contributed by atoms with E-state index < -0.39 is 6.72 Å². The molecule has 0 aliphatic carbocycles. The molecule has 0 saturated carbocycles. The number of hydrazine groups is 1. The van der Waals surface area contributed by atoms with Crippen LogP contribution in [0, 0.1) is 0 Å². The number of carbonyl (C=O) groups is 3. The molecule has 3 amide bonds. The average molecular weight is 1170 g/mol. The van der Waals surface area contributed by atoms with Crippen LogP contribution in [0.4, 0.5) is 5.69 Å². The van der Waals surface area contributed by atoms with Gasteiger partial charge in [0.2, 0.25) is 17.6 Å². The van der Waals surface area contributed by atoms with Crippen molar-refractivity contribution in [2.45, 2.75) is 45.1 Å². The van der Waals surface area contributed by atoms with Gasteiger partial charge in [-0.05, 0) is 60.5 Å². The van der Waals surface area contributed by atoms with Crippen molar-refractivity contribution >= 4 is 64.3 Å². The zero-order chi connectivity index (χ0) is 58.5. The van der Waals surface area contributed by atoms with Gasteiger partial charge in [0.25, 0.3) is 5.91 Å². The Hall–Kier alpha value is -6.79. The summed E-state index contributed by atoms with van der Waals surface area (Å²) in [5.74, 6) is 6.99. The van der Waals surface area contributed by atoms with Crippen molar-refractivity contribution in [1.82, 2.24) is 15.6 Å². The summed E-state index contributed by atoms with van der Waals surface area (Å²) >= 11 is 4.45. The van der Waals surface area contributed by atoms with Crippen LogP contribution in [0.5, 0.6) is 11.5 Å². The minimum atomic E-state index is -3.64. The molecule has 82 heavy (non-hydrogen) atoms. The van der Waals surface area contributed by atoms with Crippen LogP contribution in [-0.4, -0.2) is 138 Å². The van der Waals surface area contributed by atoms with E-state index in [1.54, 1.807) is 53.5 Å². The van der Waals surface area contributed by atoms with Gasteiger partial charge in [-0.25, -0.2) is 5.84 Å². The third-order valence-corrected chi connectivity index (χ3v) is 13.4. The molecule has 8 N–H and O–H groups in total. The number of carbonyl (C=O) groups excluding carboxylic acids is 3. The smallest absolute Gasteiger partial charge is 0.321 e. The van der Waals surface area contributed by atoms with Gasteiger partial charge in [-0.3, -0.25) is 19.2 Å². The molecular weight excluding hydrogens is 1100 g/mol. The number of nitrogens with two attached hydrogens (primary N) is 2. The first kappa shape index (κ1) is 64.4. The first-order valence-corrected chi connectivity index (χ1v) is 29.7. The second kappa shape index (κ2) is 34.6. The topological polar surface area (TPSA) is 278 Å². The van der Waals surface area contributed by atoms with E-state index in [-0.39, 0.29) is 93.4 Å². The quantitative estimate of drug-likeness (QED) is 0.00799. The van der Waals surface area contributed by atoms with Crippen LogP contribution in [-0.2, 0) is 56.1 Å². The van der Waals surface area contributed by atoms with E-state index in [4.69, 9.17) is 63.5 Å². The fourth-order valence-electron chi connectivity index (χ4n) is 8.57. The summed E-state index contributed by atoms with van der Waals surface area (Å²) in [7, 11) is 0. The minimum Gasteiger partial charge on any atom is -0.486 e. The molecule has 0 radical (unpaired) electrons. The van der Waals surface area contributed by atoms with Crippen LogP contribution < -0.4 is 42.0 Å². The summed E-state index contributed by atoms with van der Waals surface area (Å²) in [4.78, 5) is 72.6. The Labute approximate surface area is 482 Å². The van der Waals surface area contributed by atoms with Gasteiger partial charge >= 0.3 is 6.72 Å². The molecule has 0 fully saturated rings. The predicted octanol–water partition coefficient (Wildman–Crippen LogP) is 6.59. The molecular formula is C59H75N6O15PS. The van der Waals surface area contributed by atoms with Crippen LogP contribution in [0.3, 0.4) is 0 Å². The number of ether oxygens (including phenoxy) is 7. The molecule has 1 aliphatic heterocycles. The maximum Gasteiger partial charge on any atom is 0.321 e. The number of hydrogen-bond donors (Lipinski definition) is 6. The fraction of sp³-hybridized carbons (Fsp3) is 0.390. The molecule has 5 aromatic rings. The highest BCUT2D eigenvalue weighted by Crippen LogP contribution is 2.39. The van der Waals surface area contributed by atoms with Crippen molar-refractivity contribution < 1.29 is 66.3 Å². The molecule has 23 heteroatoms. The van der Waals surface area contributed by atoms with Crippen molar-refractivity contribution in [3.05, 3.63) is 149 Å². The molecule has 21 nitrogen and oxygen atoms in total. The van der Waals surface area contributed by atoms with Gasteiger partial charge in [-0.15, -0.1) is 0 Å². The Morgan fingerprint density at radius 2 is 1.34 bits per heavy atom. The highest BCUT2D eigenvalue weighted by Gasteiger charge is 2.28. The lowest BCUT2D eigenvalue weighted by Gasteiger charge is -2.33. The molecule has 0 unspecified atom stereocenters. The van der Waals surface area contributed by atoms with Crippen LogP contribution in [0.1, 0.15) is 65.6 Å². The van der Waals surface area contributed by atoms with Gasteiger partial charge in [0.1, 0.15) is 19.0 Å². The van der Waals surface area contributed by atoms with Crippen LogP contribution >= 0.6 is 6.72 Å². The SMILES string of the molecule is C=CCOc1ccc2c(=O)cc(-c3ccc(C(=O)NCCOCCOCCOCCOCCOCCN(N)/C4=C(\N)c5ccccc5CN(C(=O)CCC(=O)NCCCCCCOP(O)(O)=S)c5ccccc54)cc3)oc2c1OCC=C. The van der Waals surface area contributed by atoms with E-state index in [1.165, 1.54) is 11.1 Å². The second-order valence-corrected chi connectivity index (χ2v) is 21.2. The molecule has 4 aromatic carbocycles. The van der Waals surface area contributed by atoms with Gasteiger partial charge < -0.3 is 78.2 Å². The van der Waals surface area contributed by atoms with Gasteiger partial charge in [-0.1, -0.05) is 92.7 Å². The largest absolute Gasteiger partial charge is 0.486 e. The van der Waals surface area contributed by atoms with Crippen LogP contribution in [0.25, 0.3) is 33.7 Å². The van der Waals surface area contributed by atoms with Gasteiger partial charge in [0.15, 0.2) is 16.8 Å². The first-order chi connectivity index (χ1) is 39.8. The summed E-state index contributed by atoms with van der Waals surface area (Å²) in [6.07, 6.45) is 6.12. The number of unbranched alkanes of at least 4 members (excludes halogenated alkanes) is 3. The summed E-state index contributed by atoms with van der Waals surface area (Å²) in [5.41, 5.74) is 11.7. The number of amides is 3. The average Bonchev–Trinajstić information content (AvgIpc) is 3.41. The Morgan fingerprint density at radius 1 is 0.720 bits per heavy atom. The normalized spacial score (nSPS) is 13.1. The van der Waals surface area contributed by atoms with Crippen molar-refractivity contribution in [3.63, 3.8) is 0 Å². The maximum absolute atomic E-state index is 14.0. The van der Waals surface area contributed by atoms with Crippen molar-refractivity contribution in [2.75, 3.05) is 110 Å². The molecule has 0 spiro atoms. The van der Waals surface area contributed by atoms with Crippen LogP contribution in [0.2, 0.25) is 0 Å². The maximum atomic E-state index is 14.0. The zero-order valence-corrected chi connectivity index (χ0v) is 47.8. The number of benzene rings is 4. The minimum absolute atomic E-state index is 0.0121. The molecule has 442 valence electrons. The van der Waals surface area contributed by atoms with Gasteiger partial charge in [0.05, 0.1) is 108 Å². The van der Waals surface area contributed by atoms with Crippen LogP contribution in [0.15, 0.2) is 126 Å². The summed E-state index contributed by atoms with van der Waals surface area (Å²) in [6.45, 7) is 8.97. The first-order valence-electron chi connectivity index (χ1n) is 27.1. The highest BCUT2D eigenvalue weighted by molar-refractivity contribution is 8.06. The Balaban J connectivity index is 0.816.